The van der Waals surface area contributed by atoms with Crippen LogP contribution in [0.1, 0.15) is 43.6 Å². The molecule has 23 heavy (non-hydrogen) atoms. The number of rotatable bonds is 1. The predicted molar refractivity (Wildman–Crippen MR) is 94.2 cm³/mol. The summed E-state index contributed by atoms with van der Waals surface area (Å²) in [4.78, 5) is 13.0. The number of hydrogen-bond acceptors (Lipinski definition) is 2. The second-order valence-corrected chi connectivity index (χ2v) is 6.72. The molecule has 0 saturated heterocycles. The van der Waals surface area contributed by atoms with Crippen molar-refractivity contribution in [3.63, 3.8) is 0 Å². The summed E-state index contributed by atoms with van der Waals surface area (Å²) in [7, 11) is 0. The summed E-state index contributed by atoms with van der Waals surface area (Å²) in [6.07, 6.45) is 6.02. The Morgan fingerprint density at radius 2 is 1.74 bits per heavy atom. The lowest BCUT2D eigenvalue weighted by molar-refractivity contribution is -0.119. The Balaban J connectivity index is 1.90. The lowest BCUT2D eigenvalue weighted by atomic mass is 9.75. The van der Waals surface area contributed by atoms with Crippen LogP contribution in [0, 0.1) is 5.92 Å². The molecule has 4 rings (SSSR count). The number of hydrogen-bond donors (Lipinski definition) is 2. The minimum Gasteiger partial charge on any atom is -0.398 e. The monoisotopic (exact) mass is 306 g/mol. The molecule has 3 heteroatoms. The largest absolute Gasteiger partial charge is 0.398 e. The molecule has 1 amide bonds. The first kappa shape index (κ1) is 14.3. The van der Waals surface area contributed by atoms with Gasteiger partial charge in [0.1, 0.15) is 0 Å². The summed E-state index contributed by atoms with van der Waals surface area (Å²) in [5.74, 6) is 0.479. The third kappa shape index (κ3) is 2.40. The summed E-state index contributed by atoms with van der Waals surface area (Å²) in [5, 5.41) is 3.14. The Morgan fingerprint density at radius 1 is 0.957 bits per heavy atom. The van der Waals surface area contributed by atoms with Crippen molar-refractivity contribution < 1.29 is 4.79 Å². The first-order valence-corrected chi connectivity index (χ1v) is 8.54. The average molecular weight is 306 g/mol. The Hall–Kier alpha value is -2.29. The van der Waals surface area contributed by atoms with Gasteiger partial charge in [0.25, 0.3) is 0 Å². The van der Waals surface area contributed by atoms with Crippen molar-refractivity contribution in [2.75, 3.05) is 11.1 Å². The number of carbonyl (C=O) groups excluding carboxylic acids is 1. The molecule has 1 saturated carbocycles. The molecule has 0 spiro atoms. The van der Waals surface area contributed by atoms with Crippen molar-refractivity contribution in [3.8, 4) is 11.1 Å². The highest BCUT2D eigenvalue weighted by molar-refractivity contribution is 6.05. The zero-order valence-corrected chi connectivity index (χ0v) is 13.2. The molecule has 2 aliphatic rings. The second-order valence-electron chi connectivity index (χ2n) is 6.72. The van der Waals surface area contributed by atoms with Crippen LogP contribution in [0.4, 0.5) is 11.4 Å². The van der Waals surface area contributed by atoms with E-state index in [1.54, 1.807) is 0 Å². The average Bonchev–Trinajstić information content (AvgIpc) is 2.69. The summed E-state index contributed by atoms with van der Waals surface area (Å²) in [6.45, 7) is 0. The molecule has 2 aromatic rings. The maximum Gasteiger partial charge on any atom is 0.232 e. The van der Waals surface area contributed by atoms with Crippen molar-refractivity contribution in [1.29, 1.82) is 0 Å². The summed E-state index contributed by atoms with van der Waals surface area (Å²) < 4.78 is 0. The van der Waals surface area contributed by atoms with Crippen LogP contribution < -0.4 is 11.1 Å². The lowest BCUT2D eigenvalue weighted by Crippen LogP contribution is -2.28. The van der Waals surface area contributed by atoms with Crippen LogP contribution in [0.15, 0.2) is 42.5 Å². The molecule has 1 atom stereocenters. The van der Waals surface area contributed by atoms with E-state index in [9.17, 15) is 4.79 Å². The molecule has 3 nitrogen and oxygen atoms in total. The van der Waals surface area contributed by atoms with Crippen LogP contribution in [0.3, 0.4) is 0 Å². The number of fused-ring (bicyclic) bond motifs is 3. The van der Waals surface area contributed by atoms with Crippen LogP contribution in [0.25, 0.3) is 11.1 Å². The van der Waals surface area contributed by atoms with Gasteiger partial charge in [-0.05, 0) is 42.0 Å². The zero-order valence-electron chi connectivity index (χ0n) is 13.2. The highest BCUT2D eigenvalue weighted by atomic mass is 16.1. The molecular formula is C20H22N2O. The van der Waals surface area contributed by atoms with E-state index in [2.05, 4.69) is 17.4 Å². The van der Waals surface area contributed by atoms with Crippen molar-refractivity contribution in [3.05, 3.63) is 48.0 Å². The number of carbonyl (C=O) groups is 1. The number of nitrogen functional groups attached to an aromatic ring is 1. The fourth-order valence-electron chi connectivity index (χ4n) is 4.26. The topological polar surface area (TPSA) is 55.1 Å². The van der Waals surface area contributed by atoms with Gasteiger partial charge in [0, 0.05) is 11.3 Å². The van der Waals surface area contributed by atoms with E-state index in [0.29, 0.717) is 5.92 Å². The molecule has 0 radical (unpaired) electrons. The van der Waals surface area contributed by atoms with Gasteiger partial charge in [0.05, 0.1) is 11.6 Å². The SMILES string of the molecule is Nc1cccc2c1-c1ccccc1C(C1CCCCC1)C(=O)N2. The normalized spacial score (nSPS) is 21.0. The number of benzene rings is 2. The minimum absolute atomic E-state index is 0.0710. The summed E-state index contributed by atoms with van der Waals surface area (Å²) >= 11 is 0. The molecule has 0 bridgehead atoms. The van der Waals surface area contributed by atoms with Gasteiger partial charge in [-0.1, -0.05) is 49.6 Å². The maximum absolute atomic E-state index is 13.0. The minimum atomic E-state index is -0.0710. The van der Waals surface area contributed by atoms with E-state index in [-0.39, 0.29) is 11.8 Å². The molecule has 1 fully saturated rings. The Morgan fingerprint density at radius 3 is 2.57 bits per heavy atom. The van der Waals surface area contributed by atoms with Gasteiger partial charge in [-0.25, -0.2) is 0 Å². The van der Waals surface area contributed by atoms with Gasteiger partial charge in [-0.15, -0.1) is 0 Å². The van der Waals surface area contributed by atoms with Crippen LogP contribution in [0.5, 0.6) is 0 Å². The Bertz CT molecular complexity index is 747. The van der Waals surface area contributed by atoms with Gasteiger partial charge >= 0.3 is 0 Å². The van der Waals surface area contributed by atoms with Gasteiger partial charge < -0.3 is 11.1 Å². The van der Waals surface area contributed by atoms with E-state index >= 15 is 0 Å². The van der Waals surface area contributed by atoms with Gasteiger partial charge in [0.2, 0.25) is 5.91 Å². The third-order valence-corrected chi connectivity index (χ3v) is 5.32. The number of amides is 1. The Labute approximate surface area is 136 Å². The molecule has 0 aromatic heterocycles. The standard InChI is InChI=1S/C20H22N2O/c21-16-11-6-12-17-19(16)15-10-5-4-9-14(15)18(20(23)22-17)13-7-2-1-3-8-13/h4-6,9-13,18H,1-3,7-8,21H2,(H,22,23). The molecule has 1 unspecified atom stereocenters. The van der Waals surface area contributed by atoms with E-state index in [1.807, 2.05) is 30.3 Å². The van der Waals surface area contributed by atoms with Crippen LogP contribution >= 0.6 is 0 Å². The van der Waals surface area contributed by atoms with Crippen LogP contribution in [-0.4, -0.2) is 5.91 Å². The van der Waals surface area contributed by atoms with Crippen LogP contribution in [-0.2, 0) is 4.79 Å². The van der Waals surface area contributed by atoms with E-state index in [0.717, 1.165) is 40.9 Å². The fraction of sp³-hybridized carbons (Fsp3) is 0.350. The second kappa shape index (κ2) is 5.73. The lowest BCUT2D eigenvalue weighted by Gasteiger charge is -2.29. The van der Waals surface area contributed by atoms with Gasteiger partial charge in [-0.3, -0.25) is 4.79 Å². The molecule has 118 valence electrons. The first-order valence-electron chi connectivity index (χ1n) is 8.54. The van der Waals surface area contributed by atoms with E-state index in [1.165, 1.54) is 19.3 Å². The zero-order chi connectivity index (χ0) is 15.8. The smallest absolute Gasteiger partial charge is 0.232 e. The third-order valence-electron chi connectivity index (χ3n) is 5.32. The summed E-state index contributed by atoms with van der Waals surface area (Å²) in [5.41, 5.74) is 11.0. The van der Waals surface area contributed by atoms with Crippen LogP contribution in [0.2, 0.25) is 0 Å². The van der Waals surface area contributed by atoms with Crippen molar-refractivity contribution >= 4 is 17.3 Å². The molecule has 1 aliphatic carbocycles. The fourth-order valence-corrected chi connectivity index (χ4v) is 4.26. The van der Waals surface area contributed by atoms with Crippen molar-refractivity contribution in [1.82, 2.24) is 0 Å². The van der Waals surface area contributed by atoms with Gasteiger partial charge in [-0.2, -0.15) is 0 Å². The predicted octanol–water partition coefficient (Wildman–Crippen LogP) is 4.55. The maximum atomic E-state index is 13.0. The molecule has 2 aromatic carbocycles. The number of nitrogens with two attached hydrogens (primary N) is 1. The molecule has 1 heterocycles. The summed E-state index contributed by atoms with van der Waals surface area (Å²) in [6, 6.07) is 14.0. The quantitative estimate of drug-likeness (QED) is 0.759. The number of anilines is 2. The molecule has 3 N–H and O–H groups in total. The van der Waals surface area contributed by atoms with Crippen molar-refractivity contribution in [2.24, 2.45) is 5.92 Å². The number of nitrogens with one attached hydrogen (secondary N) is 1. The Kier molecular flexibility index (Phi) is 3.56. The first-order chi connectivity index (χ1) is 11.3. The highest BCUT2D eigenvalue weighted by Crippen LogP contribution is 2.46. The van der Waals surface area contributed by atoms with E-state index < -0.39 is 0 Å². The molecule has 1 aliphatic heterocycles. The highest BCUT2D eigenvalue weighted by Gasteiger charge is 2.35. The van der Waals surface area contributed by atoms with Crippen molar-refractivity contribution in [2.45, 2.75) is 38.0 Å². The molecular weight excluding hydrogens is 284 g/mol. The van der Waals surface area contributed by atoms with E-state index in [4.69, 9.17) is 5.73 Å². The van der Waals surface area contributed by atoms with Gasteiger partial charge in [0.15, 0.2) is 0 Å².